The number of nitro groups is 1. The molecule has 0 spiro atoms. The Hall–Kier alpha value is -1.89. The zero-order chi connectivity index (χ0) is 13.0. The SMILES string of the molecule is Nc1cc([N+](=O)[O-])cc(NCCC2CCOC2)n1. The Balaban J connectivity index is 1.89. The van der Waals surface area contributed by atoms with Gasteiger partial charge < -0.3 is 15.8 Å². The average molecular weight is 252 g/mol. The number of nitrogens with zero attached hydrogens (tertiary/aromatic N) is 2. The van der Waals surface area contributed by atoms with Crippen LogP contribution in [0.5, 0.6) is 0 Å². The van der Waals surface area contributed by atoms with Gasteiger partial charge in [-0.25, -0.2) is 4.98 Å². The van der Waals surface area contributed by atoms with E-state index in [-0.39, 0.29) is 11.5 Å². The number of nitrogen functional groups attached to an aromatic ring is 1. The number of ether oxygens (including phenoxy) is 1. The molecule has 0 amide bonds. The zero-order valence-corrected chi connectivity index (χ0v) is 9.96. The molecule has 1 aliphatic heterocycles. The Kier molecular flexibility index (Phi) is 3.93. The number of pyridine rings is 1. The highest BCUT2D eigenvalue weighted by Gasteiger charge is 2.15. The molecule has 1 unspecified atom stereocenters. The Morgan fingerprint density at radius 3 is 3.11 bits per heavy atom. The molecule has 1 fully saturated rings. The van der Waals surface area contributed by atoms with Crippen LogP contribution in [-0.4, -0.2) is 29.7 Å². The molecule has 1 atom stereocenters. The van der Waals surface area contributed by atoms with Gasteiger partial charge in [0.05, 0.1) is 17.1 Å². The molecule has 0 bridgehead atoms. The third-order valence-corrected chi connectivity index (χ3v) is 2.92. The van der Waals surface area contributed by atoms with Gasteiger partial charge >= 0.3 is 0 Å². The lowest BCUT2D eigenvalue weighted by atomic mass is 10.1. The van der Waals surface area contributed by atoms with Crippen LogP contribution in [-0.2, 0) is 4.74 Å². The smallest absolute Gasteiger partial charge is 0.276 e. The van der Waals surface area contributed by atoms with Crippen molar-refractivity contribution in [2.24, 2.45) is 5.92 Å². The Morgan fingerprint density at radius 1 is 1.61 bits per heavy atom. The first-order chi connectivity index (χ1) is 8.65. The van der Waals surface area contributed by atoms with E-state index in [0.717, 1.165) is 26.1 Å². The molecule has 1 saturated heterocycles. The first-order valence-electron chi connectivity index (χ1n) is 5.88. The van der Waals surface area contributed by atoms with Crippen LogP contribution in [0.25, 0.3) is 0 Å². The fraction of sp³-hybridized carbons (Fsp3) is 0.545. The van der Waals surface area contributed by atoms with Gasteiger partial charge in [0.15, 0.2) is 0 Å². The first-order valence-corrected chi connectivity index (χ1v) is 5.88. The minimum Gasteiger partial charge on any atom is -0.383 e. The highest BCUT2D eigenvalue weighted by molar-refractivity contribution is 5.52. The second-order valence-electron chi connectivity index (χ2n) is 4.34. The number of hydrogen-bond acceptors (Lipinski definition) is 6. The molecule has 0 radical (unpaired) electrons. The van der Waals surface area contributed by atoms with Gasteiger partial charge in [0.2, 0.25) is 0 Å². The number of nitrogens with one attached hydrogen (secondary N) is 1. The van der Waals surface area contributed by atoms with E-state index < -0.39 is 4.92 Å². The van der Waals surface area contributed by atoms with Crippen molar-refractivity contribution in [1.82, 2.24) is 4.98 Å². The van der Waals surface area contributed by atoms with Crippen LogP contribution >= 0.6 is 0 Å². The molecule has 7 nitrogen and oxygen atoms in total. The van der Waals surface area contributed by atoms with Gasteiger partial charge in [0.1, 0.15) is 11.6 Å². The Bertz CT molecular complexity index is 432. The molecule has 2 rings (SSSR count). The van der Waals surface area contributed by atoms with Crippen LogP contribution in [0, 0.1) is 16.0 Å². The first kappa shape index (κ1) is 12.6. The third kappa shape index (κ3) is 3.30. The summed E-state index contributed by atoms with van der Waals surface area (Å²) < 4.78 is 5.28. The van der Waals surface area contributed by atoms with Gasteiger partial charge in [-0.1, -0.05) is 0 Å². The van der Waals surface area contributed by atoms with Crippen molar-refractivity contribution < 1.29 is 9.66 Å². The highest BCUT2D eigenvalue weighted by Crippen LogP contribution is 2.20. The monoisotopic (exact) mass is 252 g/mol. The van der Waals surface area contributed by atoms with Crippen molar-refractivity contribution in [1.29, 1.82) is 0 Å². The van der Waals surface area contributed by atoms with Crippen molar-refractivity contribution in [2.75, 3.05) is 30.8 Å². The summed E-state index contributed by atoms with van der Waals surface area (Å²) >= 11 is 0. The molecule has 3 N–H and O–H groups in total. The van der Waals surface area contributed by atoms with Crippen molar-refractivity contribution in [3.8, 4) is 0 Å². The second kappa shape index (κ2) is 5.63. The quantitative estimate of drug-likeness (QED) is 0.606. The van der Waals surface area contributed by atoms with Crippen molar-refractivity contribution in [2.45, 2.75) is 12.8 Å². The zero-order valence-electron chi connectivity index (χ0n) is 9.96. The van der Waals surface area contributed by atoms with E-state index in [1.54, 1.807) is 0 Å². The number of rotatable bonds is 5. The van der Waals surface area contributed by atoms with Gasteiger partial charge in [0, 0.05) is 19.8 Å². The largest absolute Gasteiger partial charge is 0.383 e. The molecule has 2 heterocycles. The maximum absolute atomic E-state index is 10.7. The van der Waals surface area contributed by atoms with Crippen molar-refractivity contribution in [3.05, 3.63) is 22.2 Å². The molecule has 1 aliphatic rings. The summed E-state index contributed by atoms with van der Waals surface area (Å²) in [6.07, 6.45) is 2.04. The molecule has 0 aliphatic carbocycles. The highest BCUT2D eigenvalue weighted by atomic mass is 16.6. The standard InChI is InChI=1S/C11H16N4O3/c12-10-5-9(15(16)17)6-11(14-10)13-3-1-8-2-4-18-7-8/h5-6,8H,1-4,7H2,(H3,12,13,14). The van der Waals surface area contributed by atoms with E-state index in [1.165, 1.54) is 12.1 Å². The topological polar surface area (TPSA) is 103 Å². The van der Waals surface area contributed by atoms with Crippen molar-refractivity contribution >= 4 is 17.3 Å². The average Bonchev–Trinajstić information content (AvgIpc) is 2.81. The predicted octanol–water partition coefficient (Wildman–Crippen LogP) is 1.41. The number of nitrogens with two attached hydrogens (primary N) is 1. The van der Waals surface area contributed by atoms with Crippen LogP contribution in [0.1, 0.15) is 12.8 Å². The molecule has 7 heteroatoms. The molecule has 0 aromatic carbocycles. The summed E-state index contributed by atoms with van der Waals surface area (Å²) in [5.74, 6) is 1.16. The van der Waals surface area contributed by atoms with Crippen molar-refractivity contribution in [3.63, 3.8) is 0 Å². The normalized spacial score (nSPS) is 18.8. The van der Waals surface area contributed by atoms with Gasteiger partial charge in [-0.3, -0.25) is 10.1 Å². The summed E-state index contributed by atoms with van der Waals surface area (Å²) in [5, 5.41) is 13.7. The van der Waals surface area contributed by atoms with Crippen LogP contribution < -0.4 is 11.1 Å². The second-order valence-corrected chi connectivity index (χ2v) is 4.34. The van der Waals surface area contributed by atoms with E-state index in [0.29, 0.717) is 18.3 Å². The van der Waals surface area contributed by atoms with E-state index in [9.17, 15) is 10.1 Å². The minimum absolute atomic E-state index is 0.0470. The molecular weight excluding hydrogens is 236 g/mol. The molecular formula is C11H16N4O3. The third-order valence-electron chi connectivity index (χ3n) is 2.92. The number of hydrogen-bond donors (Lipinski definition) is 2. The lowest BCUT2D eigenvalue weighted by molar-refractivity contribution is -0.384. The summed E-state index contributed by atoms with van der Waals surface area (Å²) in [6, 6.07) is 2.64. The molecule has 18 heavy (non-hydrogen) atoms. The number of anilines is 2. The lowest BCUT2D eigenvalue weighted by Gasteiger charge is -2.09. The van der Waals surface area contributed by atoms with Gasteiger partial charge in [-0.05, 0) is 18.8 Å². The number of aromatic nitrogens is 1. The van der Waals surface area contributed by atoms with Crippen LogP contribution in [0.4, 0.5) is 17.3 Å². The molecule has 0 saturated carbocycles. The summed E-state index contributed by atoms with van der Waals surface area (Å²) in [4.78, 5) is 14.2. The predicted molar refractivity (Wildman–Crippen MR) is 67.3 cm³/mol. The van der Waals surface area contributed by atoms with E-state index in [1.807, 2.05) is 0 Å². The molecule has 1 aromatic heterocycles. The Labute approximate surface area is 104 Å². The molecule has 98 valence electrons. The fourth-order valence-corrected chi connectivity index (χ4v) is 1.95. The summed E-state index contributed by atoms with van der Waals surface area (Å²) in [5.41, 5.74) is 5.47. The summed E-state index contributed by atoms with van der Waals surface area (Å²) in [7, 11) is 0. The minimum atomic E-state index is -0.478. The van der Waals surface area contributed by atoms with Crippen LogP contribution in [0.15, 0.2) is 12.1 Å². The Morgan fingerprint density at radius 2 is 2.44 bits per heavy atom. The maximum Gasteiger partial charge on any atom is 0.276 e. The summed E-state index contributed by atoms with van der Waals surface area (Å²) in [6.45, 7) is 2.33. The van der Waals surface area contributed by atoms with Crippen LogP contribution in [0.2, 0.25) is 0 Å². The molecule has 1 aromatic rings. The van der Waals surface area contributed by atoms with E-state index in [4.69, 9.17) is 10.5 Å². The van der Waals surface area contributed by atoms with E-state index in [2.05, 4.69) is 10.3 Å². The van der Waals surface area contributed by atoms with Gasteiger partial charge in [-0.2, -0.15) is 0 Å². The lowest BCUT2D eigenvalue weighted by Crippen LogP contribution is -2.10. The van der Waals surface area contributed by atoms with Crippen LogP contribution in [0.3, 0.4) is 0 Å². The van der Waals surface area contributed by atoms with Gasteiger partial charge in [-0.15, -0.1) is 0 Å². The maximum atomic E-state index is 10.7. The van der Waals surface area contributed by atoms with Gasteiger partial charge in [0.25, 0.3) is 5.69 Å². The van der Waals surface area contributed by atoms with E-state index >= 15 is 0 Å². The fourth-order valence-electron chi connectivity index (χ4n) is 1.95.